The van der Waals surface area contributed by atoms with Crippen molar-refractivity contribution < 1.29 is 4.43 Å². The van der Waals surface area contributed by atoms with Crippen molar-refractivity contribution in [1.82, 2.24) is 0 Å². The van der Waals surface area contributed by atoms with Gasteiger partial charge in [0.05, 0.1) is 0 Å². The zero-order valence-corrected chi connectivity index (χ0v) is 14.1. The van der Waals surface area contributed by atoms with E-state index in [2.05, 4.69) is 84.6 Å². The Kier molecular flexibility index (Phi) is 4.28. The Morgan fingerprint density at radius 3 is 1.47 bits per heavy atom. The second kappa shape index (κ2) is 5.61. The molecule has 0 heterocycles. The highest BCUT2D eigenvalue weighted by molar-refractivity contribution is 9.26. The lowest BCUT2D eigenvalue weighted by molar-refractivity contribution is 0.134. The van der Waals surface area contributed by atoms with Crippen LogP contribution in [0.25, 0.3) is 0 Å². The Morgan fingerprint density at radius 2 is 1.16 bits per heavy atom. The highest BCUT2D eigenvalue weighted by Gasteiger charge is 2.40. The number of hydrogen-bond acceptors (Lipinski definition) is 1. The molecule has 0 spiro atoms. The Bertz CT molecular complexity index is 480. The lowest BCUT2D eigenvalue weighted by Crippen LogP contribution is -2.58. The minimum Gasteiger partial charge on any atom is -0.395 e. The Labute approximate surface area is 124 Å². The molecule has 0 saturated heterocycles. The summed E-state index contributed by atoms with van der Waals surface area (Å²) in [6.07, 6.45) is 0. The van der Waals surface area contributed by atoms with Crippen LogP contribution < -0.4 is 10.4 Å². The molecule has 0 radical (unpaired) electrons. The number of halogens is 1. The van der Waals surface area contributed by atoms with Crippen LogP contribution in [0.1, 0.15) is 20.8 Å². The van der Waals surface area contributed by atoms with Gasteiger partial charge in [0.2, 0.25) is 0 Å². The van der Waals surface area contributed by atoms with Crippen molar-refractivity contribution in [2.24, 2.45) is 0 Å². The molecule has 2 rings (SSSR count). The van der Waals surface area contributed by atoms with Crippen LogP contribution in [0.15, 0.2) is 60.7 Å². The highest BCUT2D eigenvalue weighted by Crippen LogP contribution is 2.22. The molecule has 2 aromatic carbocycles. The van der Waals surface area contributed by atoms with Crippen molar-refractivity contribution in [3.05, 3.63) is 60.7 Å². The second-order valence-electron chi connectivity index (χ2n) is 5.54. The average molecular weight is 335 g/mol. The van der Waals surface area contributed by atoms with E-state index in [0.717, 1.165) is 0 Å². The first kappa shape index (κ1) is 14.5. The summed E-state index contributed by atoms with van der Waals surface area (Å²) in [5.74, 6) is 0. The number of benzene rings is 2. The first-order valence-corrected chi connectivity index (χ1v) is 10.6. The molecule has 0 fully saturated rings. The van der Waals surface area contributed by atoms with Gasteiger partial charge in [-0.05, 0) is 31.1 Å². The van der Waals surface area contributed by atoms with E-state index in [-0.39, 0.29) is 5.60 Å². The molecule has 100 valence electrons. The van der Waals surface area contributed by atoms with E-state index in [9.17, 15) is 0 Å². The second-order valence-corrected chi connectivity index (χ2v) is 11.4. The molecule has 2 aromatic rings. The summed E-state index contributed by atoms with van der Waals surface area (Å²) in [4.78, 5) is 0. The van der Waals surface area contributed by atoms with Gasteiger partial charge in [-0.15, -0.1) is 0 Å². The van der Waals surface area contributed by atoms with Crippen molar-refractivity contribution in [3.8, 4) is 0 Å². The summed E-state index contributed by atoms with van der Waals surface area (Å²) < 4.78 is 6.45. The summed E-state index contributed by atoms with van der Waals surface area (Å²) in [5.41, 5.74) is -0.193. The third kappa shape index (κ3) is 3.56. The van der Waals surface area contributed by atoms with Crippen LogP contribution in [0.2, 0.25) is 0 Å². The van der Waals surface area contributed by atoms with Crippen LogP contribution in [0.4, 0.5) is 0 Å². The van der Waals surface area contributed by atoms with Gasteiger partial charge in [-0.3, -0.25) is 0 Å². The Morgan fingerprint density at radius 1 is 0.789 bits per heavy atom. The summed E-state index contributed by atoms with van der Waals surface area (Å²) in [6.45, 7) is 3.97. The van der Waals surface area contributed by atoms with E-state index in [1.165, 1.54) is 10.4 Å². The lowest BCUT2D eigenvalue weighted by Gasteiger charge is -2.34. The van der Waals surface area contributed by atoms with Crippen LogP contribution in [0.3, 0.4) is 0 Å². The molecule has 0 aliphatic carbocycles. The third-order valence-electron chi connectivity index (χ3n) is 2.74. The van der Waals surface area contributed by atoms with Crippen LogP contribution in [-0.4, -0.2) is 12.5 Å². The first-order valence-electron chi connectivity index (χ1n) is 6.42. The molecule has 0 atom stereocenters. The molecule has 0 aliphatic heterocycles. The van der Waals surface area contributed by atoms with E-state index in [4.69, 9.17) is 4.43 Å². The molecule has 0 amide bonds. The zero-order valence-electron chi connectivity index (χ0n) is 11.6. The summed E-state index contributed by atoms with van der Waals surface area (Å²) in [5, 5.41) is 2.47. The van der Waals surface area contributed by atoms with Crippen molar-refractivity contribution in [2.75, 3.05) is 0 Å². The Balaban J connectivity index is 2.51. The lowest BCUT2D eigenvalue weighted by atomic mass is 10.2. The SMILES string of the molecule is CC(C)(C)O[Si](Br)(c1ccccc1)c1ccccc1. The van der Waals surface area contributed by atoms with Gasteiger partial charge < -0.3 is 4.43 Å². The molecule has 0 N–H and O–H groups in total. The maximum Gasteiger partial charge on any atom is 0.329 e. The van der Waals surface area contributed by atoms with Gasteiger partial charge in [0.25, 0.3) is 0 Å². The molecule has 3 heteroatoms. The zero-order chi connectivity index (χ0) is 13.9. The van der Waals surface area contributed by atoms with E-state index < -0.39 is 6.94 Å². The third-order valence-corrected chi connectivity index (χ3v) is 9.02. The fraction of sp³-hybridized carbons (Fsp3) is 0.250. The van der Waals surface area contributed by atoms with Crippen molar-refractivity contribution >= 4 is 32.6 Å². The van der Waals surface area contributed by atoms with Gasteiger partial charge in [-0.2, -0.15) is 0 Å². The van der Waals surface area contributed by atoms with Crippen LogP contribution >= 0.6 is 15.3 Å². The molecule has 0 bridgehead atoms. The number of rotatable bonds is 3. The fourth-order valence-corrected chi connectivity index (χ4v) is 7.71. The monoisotopic (exact) mass is 334 g/mol. The quantitative estimate of drug-likeness (QED) is 0.617. The Hall–Kier alpha value is -0.903. The summed E-state index contributed by atoms with van der Waals surface area (Å²) in [6, 6.07) is 20.9. The maximum atomic E-state index is 6.45. The van der Waals surface area contributed by atoms with E-state index in [1.54, 1.807) is 0 Å². The van der Waals surface area contributed by atoms with E-state index >= 15 is 0 Å². The average Bonchev–Trinajstić information content (AvgIpc) is 2.39. The molecule has 0 aliphatic rings. The molecule has 19 heavy (non-hydrogen) atoms. The molecular formula is C16H19BrOSi. The maximum absolute atomic E-state index is 6.45. The van der Waals surface area contributed by atoms with Crippen LogP contribution in [-0.2, 0) is 4.43 Å². The van der Waals surface area contributed by atoms with E-state index in [1.807, 2.05) is 12.1 Å². The molecule has 0 aromatic heterocycles. The summed E-state index contributed by atoms with van der Waals surface area (Å²) in [7, 11) is 0. The van der Waals surface area contributed by atoms with Crippen LogP contribution in [0, 0.1) is 0 Å². The largest absolute Gasteiger partial charge is 0.395 e. The molecule has 0 saturated carbocycles. The normalized spacial score (nSPS) is 12.4. The van der Waals surface area contributed by atoms with Crippen LogP contribution in [0.5, 0.6) is 0 Å². The number of hydrogen-bond donors (Lipinski definition) is 0. The standard InChI is InChI=1S/C16H19BrOSi/c1-16(2,3)18-19(17,14-10-6-4-7-11-14)15-12-8-5-9-13-15/h4-13H,1-3H3. The van der Waals surface area contributed by atoms with Gasteiger partial charge in [0.1, 0.15) is 0 Å². The van der Waals surface area contributed by atoms with Crippen molar-refractivity contribution in [3.63, 3.8) is 0 Å². The topological polar surface area (TPSA) is 9.23 Å². The minimum absolute atomic E-state index is 0.193. The van der Waals surface area contributed by atoms with Crippen molar-refractivity contribution in [2.45, 2.75) is 26.4 Å². The van der Waals surface area contributed by atoms with Gasteiger partial charge in [-0.25, -0.2) is 0 Å². The predicted octanol–water partition coefficient (Wildman–Crippen LogP) is 3.45. The summed E-state index contributed by atoms with van der Waals surface area (Å²) >= 11 is 3.95. The molecular weight excluding hydrogens is 316 g/mol. The fourth-order valence-electron chi connectivity index (χ4n) is 2.01. The van der Waals surface area contributed by atoms with E-state index in [0.29, 0.717) is 0 Å². The predicted molar refractivity (Wildman–Crippen MR) is 87.7 cm³/mol. The molecule has 0 unspecified atom stereocenters. The minimum atomic E-state index is -2.32. The highest BCUT2D eigenvalue weighted by atomic mass is 79.9. The first-order chi connectivity index (χ1) is 8.92. The van der Waals surface area contributed by atoms with Gasteiger partial charge >= 0.3 is 6.94 Å². The van der Waals surface area contributed by atoms with Gasteiger partial charge in [-0.1, -0.05) is 76.0 Å². The van der Waals surface area contributed by atoms with Gasteiger partial charge in [0, 0.05) is 5.60 Å². The van der Waals surface area contributed by atoms with Gasteiger partial charge in [0.15, 0.2) is 0 Å². The van der Waals surface area contributed by atoms with Crippen molar-refractivity contribution in [1.29, 1.82) is 0 Å². The smallest absolute Gasteiger partial charge is 0.329 e. The molecule has 1 nitrogen and oxygen atoms in total.